The van der Waals surface area contributed by atoms with Crippen LogP contribution in [0.4, 0.5) is 0 Å². The van der Waals surface area contributed by atoms with E-state index < -0.39 is 0 Å². The number of Topliss-reactive ketones (excluding diaryl/α,β-unsaturated/α-hetero) is 1. The van der Waals surface area contributed by atoms with Crippen LogP contribution in [0.2, 0.25) is 0 Å². The van der Waals surface area contributed by atoms with Crippen LogP contribution in [0.5, 0.6) is 0 Å². The Morgan fingerprint density at radius 2 is 1.94 bits per heavy atom. The number of nitrogens with zero attached hydrogens (tertiary/aromatic N) is 3. The lowest BCUT2D eigenvalue weighted by atomic mass is 9.49. The van der Waals surface area contributed by atoms with E-state index in [1.54, 1.807) is 6.20 Å². The third-order valence-electron chi connectivity index (χ3n) is 10.7. The molecule has 2 heterocycles. The average molecular weight is 434 g/mol. The van der Waals surface area contributed by atoms with Crippen molar-refractivity contribution in [1.82, 2.24) is 14.8 Å². The molecule has 0 N–H and O–H groups in total. The largest absolute Gasteiger partial charge is 0.297 e. The molecule has 4 saturated carbocycles. The number of fused-ring (bicyclic) bond motifs is 6. The smallest absolute Gasteiger partial charge is 0.157 e. The first-order valence-electron chi connectivity index (χ1n) is 13.4. The minimum absolute atomic E-state index is 0.205. The zero-order valence-electron chi connectivity index (χ0n) is 19.9. The van der Waals surface area contributed by atoms with Crippen molar-refractivity contribution in [2.45, 2.75) is 84.6 Å². The van der Waals surface area contributed by atoms with Gasteiger partial charge in [-0.25, -0.2) is 0 Å². The predicted molar refractivity (Wildman–Crippen MR) is 127 cm³/mol. The number of rotatable bonds is 4. The van der Waals surface area contributed by atoms with E-state index in [1.165, 1.54) is 57.8 Å². The Balaban J connectivity index is 1.17. The summed E-state index contributed by atoms with van der Waals surface area (Å²) in [5.74, 6) is 6.17. The minimum atomic E-state index is 0.205. The Kier molecular flexibility index (Phi) is 5.19. The van der Waals surface area contributed by atoms with Gasteiger partial charge in [-0.2, -0.15) is 5.10 Å². The summed E-state index contributed by atoms with van der Waals surface area (Å²) in [5, 5.41) is 4.61. The van der Waals surface area contributed by atoms with Gasteiger partial charge in [-0.05, 0) is 104 Å². The molecule has 4 aliphatic carbocycles. The van der Waals surface area contributed by atoms with Gasteiger partial charge in [-0.3, -0.25) is 14.5 Å². The second kappa shape index (κ2) is 7.95. The van der Waals surface area contributed by atoms with Crippen LogP contribution < -0.4 is 0 Å². The molecular formula is C28H39N3O. The highest BCUT2D eigenvalue weighted by molar-refractivity contribution is 5.82. The van der Waals surface area contributed by atoms with Gasteiger partial charge in [0.25, 0.3) is 0 Å². The molecule has 172 valence electrons. The molecule has 2 aromatic heterocycles. The minimum Gasteiger partial charge on any atom is -0.297 e. The van der Waals surface area contributed by atoms with Crippen molar-refractivity contribution in [1.29, 1.82) is 0 Å². The van der Waals surface area contributed by atoms with Crippen molar-refractivity contribution in [2.75, 3.05) is 0 Å². The van der Waals surface area contributed by atoms with Gasteiger partial charge in [0.05, 0.1) is 12.7 Å². The lowest BCUT2D eigenvalue weighted by Gasteiger charge is -2.56. The number of hydrogen-bond acceptors (Lipinski definition) is 3. The predicted octanol–water partition coefficient (Wildman–Crippen LogP) is 6.30. The molecule has 0 radical (unpaired) electrons. The quantitative estimate of drug-likeness (QED) is 0.569. The molecule has 0 aliphatic heterocycles. The highest BCUT2D eigenvalue weighted by atomic mass is 16.1. The second-order valence-electron chi connectivity index (χ2n) is 11.9. The Bertz CT molecular complexity index is 964. The number of ketones is 1. The molecule has 4 nitrogen and oxygen atoms in total. The summed E-state index contributed by atoms with van der Waals surface area (Å²) in [4.78, 5) is 17.9. The summed E-state index contributed by atoms with van der Waals surface area (Å²) in [7, 11) is 0. The van der Waals surface area contributed by atoms with Crippen LogP contribution >= 0.6 is 0 Å². The first kappa shape index (κ1) is 20.9. The fraction of sp³-hybridized carbons (Fsp3) is 0.750. The van der Waals surface area contributed by atoms with Crippen molar-refractivity contribution in [3.63, 3.8) is 0 Å². The number of hydrogen-bond donors (Lipinski definition) is 0. The first-order valence-corrected chi connectivity index (χ1v) is 13.4. The van der Waals surface area contributed by atoms with E-state index in [0.717, 1.165) is 53.0 Å². The highest BCUT2D eigenvalue weighted by Crippen LogP contribution is 2.64. The van der Waals surface area contributed by atoms with Gasteiger partial charge in [0, 0.05) is 12.1 Å². The zero-order chi connectivity index (χ0) is 21.9. The van der Waals surface area contributed by atoms with Crippen molar-refractivity contribution in [2.24, 2.45) is 46.8 Å². The SMILES string of the molecule is CCC1CCC2C(CCC3C2CCC2(C)C(C(=O)Cn4cc5ncccc5n4)CCC32)C1. The third kappa shape index (κ3) is 3.27. The van der Waals surface area contributed by atoms with Crippen molar-refractivity contribution in [3.8, 4) is 0 Å². The molecule has 0 aromatic carbocycles. The summed E-state index contributed by atoms with van der Waals surface area (Å²) >= 11 is 0. The first-order chi connectivity index (χ1) is 15.6. The van der Waals surface area contributed by atoms with Crippen LogP contribution in [0, 0.1) is 46.8 Å². The lowest BCUT2D eigenvalue weighted by Crippen LogP contribution is -2.49. The Morgan fingerprint density at radius 3 is 2.78 bits per heavy atom. The molecule has 0 bridgehead atoms. The van der Waals surface area contributed by atoms with Gasteiger partial charge in [-0.15, -0.1) is 0 Å². The zero-order valence-corrected chi connectivity index (χ0v) is 19.9. The molecule has 2 aromatic rings. The molecule has 4 fully saturated rings. The Morgan fingerprint density at radius 1 is 1.06 bits per heavy atom. The summed E-state index contributed by atoms with van der Waals surface area (Å²) in [6.07, 6.45) is 17.4. The van der Waals surface area contributed by atoms with Crippen LogP contribution in [0.25, 0.3) is 11.0 Å². The van der Waals surface area contributed by atoms with E-state index in [2.05, 4.69) is 23.9 Å². The van der Waals surface area contributed by atoms with Crippen molar-refractivity contribution < 1.29 is 4.79 Å². The highest BCUT2D eigenvalue weighted by Gasteiger charge is 2.58. The normalized spacial score (nSPS) is 41.1. The maximum Gasteiger partial charge on any atom is 0.157 e. The second-order valence-corrected chi connectivity index (χ2v) is 11.9. The number of aromatic nitrogens is 3. The number of pyridine rings is 1. The Labute approximate surface area is 192 Å². The lowest BCUT2D eigenvalue weighted by molar-refractivity contribution is -0.131. The van der Waals surface area contributed by atoms with Crippen LogP contribution in [0.3, 0.4) is 0 Å². The van der Waals surface area contributed by atoms with Crippen molar-refractivity contribution in [3.05, 3.63) is 24.5 Å². The van der Waals surface area contributed by atoms with Crippen LogP contribution in [-0.2, 0) is 11.3 Å². The molecular weight excluding hydrogens is 394 g/mol. The molecule has 0 amide bonds. The molecule has 32 heavy (non-hydrogen) atoms. The van der Waals surface area contributed by atoms with Crippen LogP contribution in [0.15, 0.2) is 24.5 Å². The van der Waals surface area contributed by atoms with Gasteiger partial charge in [0.2, 0.25) is 0 Å². The standard InChI is InChI=1S/C28H39N3O/c1-3-18-6-8-20-19(15-18)7-9-22-21(20)12-13-28(2)23(22)10-11-24(28)27(32)17-31-16-26-25(30-31)5-4-14-29-26/h4-5,14,16,18-24H,3,6-13,15,17H2,1-2H3. The van der Waals surface area contributed by atoms with E-state index in [4.69, 9.17) is 0 Å². The number of carbonyl (C=O) groups is 1. The van der Waals surface area contributed by atoms with E-state index in [0.29, 0.717) is 12.3 Å². The summed E-state index contributed by atoms with van der Waals surface area (Å²) in [6.45, 7) is 5.27. The van der Waals surface area contributed by atoms with Crippen LogP contribution in [0.1, 0.15) is 78.1 Å². The maximum absolute atomic E-state index is 13.5. The molecule has 8 atom stereocenters. The molecule has 6 rings (SSSR count). The van der Waals surface area contributed by atoms with E-state index in [-0.39, 0.29) is 11.3 Å². The summed E-state index contributed by atoms with van der Waals surface area (Å²) in [5.41, 5.74) is 1.97. The Hall–Kier alpha value is -1.71. The number of carbonyl (C=O) groups excluding carboxylic acids is 1. The monoisotopic (exact) mass is 433 g/mol. The third-order valence-corrected chi connectivity index (χ3v) is 10.7. The van der Waals surface area contributed by atoms with E-state index in [1.807, 2.05) is 23.0 Å². The molecule has 0 spiro atoms. The van der Waals surface area contributed by atoms with Crippen LogP contribution in [-0.4, -0.2) is 20.5 Å². The average Bonchev–Trinajstić information content (AvgIpc) is 3.38. The fourth-order valence-electron chi connectivity index (χ4n) is 9.10. The summed E-state index contributed by atoms with van der Waals surface area (Å²) in [6, 6.07) is 3.88. The maximum atomic E-state index is 13.5. The summed E-state index contributed by atoms with van der Waals surface area (Å²) < 4.78 is 1.83. The van der Waals surface area contributed by atoms with Gasteiger partial charge in [-0.1, -0.05) is 26.7 Å². The van der Waals surface area contributed by atoms with Gasteiger partial charge < -0.3 is 0 Å². The molecule has 4 heteroatoms. The van der Waals surface area contributed by atoms with Crippen molar-refractivity contribution >= 4 is 16.8 Å². The fourth-order valence-corrected chi connectivity index (χ4v) is 9.10. The van der Waals surface area contributed by atoms with E-state index in [9.17, 15) is 4.79 Å². The van der Waals surface area contributed by atoms with Gasteiger partial charge in [0.15, 0.2) is 5.78 Å². The van der Waals surface area contributed by atoms with E-state index >= 15 is 0 Å². The molecule has 4 aliphatic rings. The van der Waals surface area contributed by atoms with Gasteiger partial charge in [0.1, 0.15) is 11.0 Å². The topological polar surface area (TPSA) is 47.8 Å². The molecule has 8 unspecified atom stereocenters. The van der Waals surface area contributed by atoms with Gasteiger partial charge >= 0.3 is 0 Å². The molecule has 0 saturated heterocycles.